The van der Waals surface area contributed by atoms with Gasteiger partial charge < -0.3 is 14.1 Å². The second-order valence-electron chi connectivity index (χ2n) is 6.77. The van der Waals surface area contributed by atoms with Crippen molar-refractivity contribution >= 4 is 5.91 Å². The van der Waals surface area contributed by atoms with Gasteiger partial charge in [-0.25, -0.2) is 4.39 Å². The Morgan fingerprint density at radius 2 is 2.04 bits per heavy atom. The minimum atomic E-state index is -0.357. The number of carbonyl (C=O) groups excluding carboxylic acids is 1. The lowest BCUT2D eigenvalue weighted by atomic mass is 9.97. The van der Waals surface area contributed by atoms with Crippen molar-refractivity contribution in [2.24, 2.45) is 0 Å². The summed E-state index contributed by atoms with van der Waals surface area (Å²) < 4.78 is 24.2. The maximum atomic E-state index is 13.1. The number of benzene rings is 2. The molecule has 2 heterocycles. The van der Waals surface area contributed by atoms with Crippen molar-refractivity contribution in [3.63, 3.8) is 0 Å². The molecule has 0 aliphatic carbocycles. The molecule has 1 aliphatic heterocycles. The minimum Gasteiger partial charge on any atom is -0.497 e. The molecule has 7 heteroatoms. The fourth-order valence-corrected chi connectivity index (χ4v) is 3.41. The van der Waals surface area contributed by atoms with Gasteiger partial charge in [0.15, 0.2) is 0 Å². The van der Waals surface area contributed by atoms with Crippen LogP contribution in [-0.4, -0.2) is 41.2 Å². The summed E-state index contributed by atoms with van der Waals surface area (Å²) in [7, 11) is 1.60. The highest BCUT2D eigenvalue weighted by Gasteiger charge is 2.29. The molecule has 144 valence electrons. The number of rotatable bonds is 4. The highest BCUT2D eigenvalue weighted by molar-refractivity contribution is 5.94. The number of amides is 1. The number of methoxy groups -OCH3 is 1. The molecule has 1 aromatic heterocycles. The largest absolute Gasteiger partial charge is 0.497 e. The maximum Gasteiger partial charge on any atom is 0.253 e. The van der Waals surface area contributed by atoms with Crippen LogP contribution in [0, 0.1) is 5.82 Å². The van der Waals surface area contributed by atoms with E-state index >= 15 is 0 Å². The van der Waals surface area contributed by atoms with Gasteiger partial charge in [-0.05, 0) is 55.3 Å². The number of halogens is 1. The van der Waals surface area contributed by atoms with Crippen LogP contribution in [0.3, 0.4) is 0 Å². The molecule has 28 heavy (non-hydrogen) atoms. The Hall–Kier alpha value is -3.22. The SMILES string of the molecule is COc1cccc(-c2nnc([C@@H]3CCCN(C(=O)c4ccc(F)cc4)C3)o2)c1. The van der Waals surface area contributed by atoms with Crippen molar-refractivity contribution in [2.45, 2.75) is 18.8 Å². The monoisotopic (exact) mass is 381 g/mol. The molecule has 0 N–H and O–H groups in total. The molecule has 0 radical (unpaired) electrons. The van der Waals surface area contributed by atoms with E-state index in [0.29, 0.717) is 36.2 Å². The molecule has 2 aromatic carbocycles. The number of piperidine rings is 1. The summed E-state index contributed by atoms with van der Waals surface area (Å²) in [5.41, 5.74) is 1.26. The summed E-state index contributed by atoms with van der Waals surface area (Å²) in [5, 5.41) is 8.36. The lowest BCUT2D eigenvalue weighted by molar-refractivity contribution is 0.0698. The van der Waals surface area contributed by atoms with Crippen LogP contribution in [0.4, 0.5) is 4.39 Å². The summed E-state index contributed by atoms with van der Waals surface area (Å²) in [5.74, 6) is 1.17. The third kappa shape index (κ3) is 3.74. The summed E-state index contributed by atoms with van der Waals surface area (Å²) in [6.45, 7) is 1.15. The molecule has 0 unspecified atom stereocenters. The van der Waals surface area contributed by atoms with Crippen molar-refractivity contribution in [3.8, 4) is 17.2 Å². The maximum absolute atomic E-state index is 13.1. The van der Waals surface area contributed by atoms with Crippen LogP contribution in [0.5, 0.6) is 5.75 Å². The Bertz CT molecular complexity index is 971. The van der Waals surface area contributed by atoms with Crippen molar-refractivity contribution in [1.29, 1.82) is 0 Å². The predicted molar refractivity (Wildman–Crippen MR) is 101 cm³/mol. The molecule has 1 saturated heterocycles. The van der Waals surface area contributed by atoms with Gasteiger partial charge in [0.25, 0.3) is 5.91 Å². The number of nitrogens with zero attached hydrogens (tertiary/aromatic N) is 3. The number of carbonyl (C=O) groups is 1. The van der Waals surface area contributed by atoms with E-state index in [2.05, 4.69) is 10.2 Å². The summed E-state index contributed by atoms with van der Waals surface area (Å²) >= 11 is 0. The number of hydrogen-bond acceptors (Lipinski definition) is 5. The molecule has 1 amide bonds. The first-order chi connectivity index (χ1) is 13.6. The van der Waals surface area contributed by atoms with Gasteiger partial charge in [-0.1, -0.05) is 6.07 Å². The Morgan fingerprint density at radius 1 is 1.21 bits per heavy atom. The second kappa shape index (κ2) is 7.80. The lowest BCUT2D eigenvalue weighted by Gasteiger charge is -2.31. The fraction of sp³-hybridized carbons (Fsp3) is 0.286. The number of likely N-dealkylation sites (tertiary alicyclic amines) is 1. The van der Waals surface area contributed by atoms with Crippen LogP contribution < -0.4 is 4.74 Å². The summed E-state index contributed by atoms with van der Waals surface area (Å²) in [4.78, 5) is 14.5. The van der Waals surface area contributed by atoms with Crippen molar-refractivity contribution in [1.82, 2.24) is 15.1 Å². The van der Waals surface area contributed by atoms with E-state index in [-0.39, 0.29) is 17.6 Å². The first kappa shape index (κ1) is 18.2. The number of aromatic nitrogens is 2. The summed E-state index contributed by atoms with van der Waals surface area (Å²) in [6.07, 6.45) is 1.71. The zero-order valence-corrected chi connectivity index (χ0v) is 15.5. The van der Waals surface area contributed by atoms with E-state index in [1.165, 1.54) is 24.3 Å². The molecule has 1 aliphatic rings. The van der Waals surface area contributed by atoms with Gasteiger partial charge in [0.05, 0.1) is 13.0 Å². The van der Waals surface area contributed by atoms with E-state index in [1.54, 1.807) is 12.0 Å². The first-order valence-electron chi connectivity index (χ1n) is 9.16. The van der Waals surface area contributed by atoms with Crippen molar-refractivity contribution < 1.29 is 18.3 Å². The molecule has 0 saturated carbocycles. The van der Waals surface area contributed by atoms with Gasteiger partial charge in [-0.15, -0.1) is 10.2 Å². The average Bonchev–Trinajstić information content (AvgIpc) is 3.24. The highest BCUT2D eigenvalue weighted by atomic mass is 19.1. The van der Waals surface area contributed by atoms with Gasteiger partial charge in [0.1, 0.15) is 11.6 Å². The Labute approximate surface area is 161 Å². The fourth-order valence-electron chi connectivity index (χ4n) is 3.41. The molecule has 0 spiro atoms. The smallest absolute Gasteiger partial charge is 0.253 e. The van der Waals surface area contributed by atoms with Crippen LogP contribution >= 0.6 is 0 Å². The van der Waals surface area contributed by atoms with Crippen LogP contribution in [0.25, 0.3) is 11.5 Å². The highest BCUT2D eigenvalue weighted by Crippen LogP contribution is 2.30. The molecule has 0 bridgehead atoms. The summed E-state index contributed by atoms with van der Waals surface area (Å²) in [6, 6.07) is 13.0. The van der Waals surface area contributed by atoms with Crippen LogP contribution in [0.15, 0.2) is 52.9 Å². The van der Waals surface area contributed by atoms with E-state index < -0.39 is 0 Å². The zero-order chi connectivity index (χ0) is 19.5. The molecule has 1 atom stereocenters. The molecule has 1 fully saturated rings. The van der Waals surface area contributed by atoms with E-state index in [0.717, 1.165) is 18.4 Å². The van der Waals surface area contributed by atoms with Gasteiger partial charge >= 0.3 is 0 Å². The molecular formula is C21H20FN3O3. The zero-order valence-electron chi connectivity index (χ0n) is 15.5. The Kier molecular flexibility index (Phi) is 5.06. The van der Waals surface area contributed by atoms with Crippen LogP contribution in [0.1, 0.15) is 35.0 Å². The quantitative estimate of drug-likeness (QED) is 0.686. The predicted octanol–water partition coefficient (Wildman–Crippen LogP) is 3.90. The van der Waals surface area contributed by atoms with Gasteiger partial charge in [0, 0.05) is 24.2 Å². The Morgan fingerprint density at radius 3 is 2.82 bits per heavy atom. The second-order valence-corrected chi connectivity index (χ2v) is 6.77. The van der Waals surface area contributed by atoms with E-state index in [4.69, 9.17) is 9.15 Å². The topological polar surface area (TPSA) is 68.5 Å². The van der Waals surface area contributed by atoms with E-state index in [1.807, 2.05) is 24.3 Å². The Balaban J connectivity index is 1.49. The number of ether oxygens (including phenoxy) is 1. The van der Waals surface area contributed by atoms with Gasteiger partial charge in [-0.3, -0.25) is 4.79 Å². The van der Waals surface area contributed by atoms with Crippen LogP contribution in [-0.2, 0) is 0 Å². The minimum absolute atomic E-state index is 0.0231. The lowest BCUT2D eigenvalue weighted by Crippen LogP contribution is -2.39. The molecular weight excluding hydrogens is 361 g/mol. The first-order valence-corrected chi connectivity index (χ1v) is 9.16. The normalized spacial score (nSPS) is 16.8. The number of hydrogen-bond donors (Lipinski definition) is 0. The van der Waals surface area contributed by atoms with Gasteiger partial charge in [0.2, 0.25) is 11.8 Å². The third-order valence-corrected chi connectivity index (χ3v) is 4.91. The van der Waals surface area contributed by atoms with E-state index in [9.17, 15) is 9.18 Å². The average molecular weight is 381 g/mol. The van der Waals surface area contributed by atoms with Crippen molar-refractivity contribution in [3.05, 3.63) is 65.8 Å². The van der Waals surface area contributed by atoms with Gasteiger partial charge in [-0.2, -0.15) is 0 Å². The standard InChI is InChI=1S/C21H20FN3O3/c1-27-18-6-2-4-15(12-18)19-23-24-20(28-19)16-5-3-11-25(13-16)21(26)14-7-9-17(22)10-8-14/h2,4,6-10,12,16H,3,5,11,13H2,1H3/t16-/m1/s1. The molecule has 6 nitrogen and oxygen atoms in total. The van der Waals surface area contributed by atoms with Crippen LogP contribution in [0.2, 0.25) is 0 Å². The van der Waals surface area contributed by atoms with Crippen molar-refractivity contribution in [2.75, 3.05) is 20.2 Å². The molecule has 3 aromatic rings. The third-order valence-electron chi connectivity index (χ3n) is 4.91. The molecule has 4 rings (SSSR count).